The van der Waals surface area contributed by atoms with Crippen LogP contribution < -0.4 is 10.5 Å². The van der Waals surface area contributed by atoms with Gasteiger partial charge in [0.1, 0.15) is 0 Å². The first kappa shape index (κ1) is 16.1. The molecule has 0 saturated heterocycles. The summed E-state index contributed by atoms with van der Waals surface area (Å²) in [6.45, 7) is 4.98. The topological polar surface area (TPSA) is 72.2 Å². The highest BCUT2D eigenvalue weighted by Gasteiger charge is 2.14. The number of hydrogen-bond acceptors (Lipinski definition) is 3. The summed E-state index contributed by atoms with van der Waals surface area (Å²) in [6, 6.07) is 5.18. The Morgan fingerprint density at radius 1 is 1.16 bits per heavy atom. The van der Waals surface area contributed by atoms with Crippen LogP contribution in [0.5, 0.6) is 0 Å². The van der Waals surface area contributed by atoms with Crippen molar-refractivity contribution in [1.82, 2.24) is 4.72 Å². The van der Waals surface area contributed by atoms with Gasteiger partial charge >= 0.3 is 0 Å². The Hall–Kier alpha value is -0.910. The van der Waals surface area contributed by atoms with E-state index in [-0.39, 0.29) is 0 Å². The smallest absolute Gasteiger partial charge is 0.240 e. The molecule has 3 N–H and O–H groups in total. The maximum Gasteiger partial charge on any atom is 0.240 e. The lowest BCUT2D eigenvalue weighted by atomic mass is 10.1. The molecule has 1 aromatic carbocycles. The highest BCUT2D eigenvalue weighted by atomic mass is 32.2. The van der Waals surface area contributed by atoms with E-state index < -0.39 is 10.0 Å². The van der Waals surface area contributed by atoms with Crippen LogP contribution in [0.2, 0.25) is 0 Å². The molecule has 0 aromatic heterocycles. The first-order valence-electron chi connectivity index (χ1n) is 6.86. The molecule has 0 atom stereocenters. The molecule has 108 valence electrons. The first-order chi connectivity index (χ1) is 9.05. The lowest BCUT2D eigenvalue weighted by Gasteiger charge is -2.10. The first-order valence-corrected chi connectivity index (χ1v) is 8.35. The largest absolute Gasteiger partial charge is 0.326 e. The van der Waals surface area contributed by atoms with Gasteiger partial charge in [0, 0.05) is 13.1 Å². The highest BCUT2D eigenvalue weighted by molar-refractivity contribution is 7.89. The van der Waals surface area contributed by atoms with Crippen molar-refractivity contribution in [2.45, 2.75) is 51.0 Å². The van der Waals surface area contributed by atoms with Gasteiger partial charge in [0.2, 0.25) is 10.0 Å². The molecular formula is C14H24N2O2S. The summed E-state index contributed by atoms with van der Waals surface area (Å²) in [5, 5.41) is 0. The molecule has 0 aliphatic carbocycles. The summed E-state index contributed by atoms with van der Waals surface area (Å²) in [7, 11) is -3.40. The number of aryl methyl sites for hydroxylation is 1. The molecule has 4 nitrogen and oxygen atoms in total. The molecular weight excluding hydrogens is 260 g/mol. The van der Waals surface area contributed by atoms with Crippen molar-refractivity contribution in [2.24, 2.45) is 5.73 Å². The molecule has 0 radical (unpaired) electrons. The zero-order chi connectivity index (χ0) is 14.3. The van der Waals surface area contributed by atoms with Gasteiger partial charge in [-0.3, -0.25) is 0 Å². The molecule has 0 heterocycles. The summed E-state index contributed by atoms with van der Waals surface area (Å²) < 4.78 is 26.9. The Balaban J connectivity index is 2.83. The quantitative estimate of drug-likeness (QED) is 0.719. The molecule has 19 heavy (non-hydrogen) atoms. The second kappa shape index (κ2) is 7.62. The van der Waals surface area contributed by atoms with Crippen molar-refractivity contribution in [3.8, 4) is 0 Å². The minimum atomic E-state index is -3.40. The van der Waals surface area contributed by atoms with E-state index in [9.17, 15) is 8.42 Å². The Bertz CT molecular complexity index is 498. The molecule has 1 rings (SSSR count). The van der Waals surface area contributed by atoms with Gasteiger partial charge in [0.05, 0.1) is 4.90 Å². The highest BCUT2D eigenvalue weighted by Crippen LogP contribution is 2.16. The van der Waals surface area contributed by atoms with Crippen molar-refractivity contribution < 1.29 is 8.42 Å². The fourth-order valence-electron chi connectivity index (χ4n) is 1.97. The number of rotatable bonds is 8. The summed E-state index contributed by atoms with van der Waals surface area (Å²) in [5.41, 5.74) is 7.67. The van der Waals surface area contributed by atoms with Gasteiger partial charge in [0.15, 0.2) is 0 Å². The van der Waals surface area contributed by atoms with Gasteiger partial charge < -0.3 is 5.73 Å². The summed E-state index contributed by atoms with van der Waals surface area (Å²) in [4.78, 5) is 0.307. The predicted molar refractivity (Wildman–Crippen MR) is 78.4 cm³/mol. The van der Waals surface area contributed by atoms with E-state index in [1.54, 1.807) is 12.1 Å². The molecule has 0 fully saturated rings. The normalized spacial score (nSPS) is 11.7. The molecule has 0 spiro atoms. The van der Waals surface area contributed by atoms with Gasteiger partial charge in [-0.1, -0.05) is 32.8 Å². The van der Waals surface area contributed by atoms with Crippen LogP contribution in [0.15, 0.2) is 23.1 Å². The fraction of sp³-hybridized carbons (Fsp3) is 0.571. The minimum Gasteiger partial charge on any atom is -0.326 e. The third-order valence-electron chi connectivity index (χ3n) is 3.16. The van der Waals surface area contributed by atoms with Crippen LogP contribution in [0.3, 0.4) is 0 Å². The van der Waals surface area contributed by atoms with Crippen LogP contribution >= 0.6 is 0 Å². The Kier molecular flexibility index (Phi) is 6.48. The third-order valence-corrected chi connectivity index (χ3v) is 4.62. The van der Waals surface area contributed by atoms with Crippen molar-refractivity contribution in [3.63, 3.8) is 0 Å². The number of hydrogen-bond donors (Lipinski definition) is 2. The summed E-state index contributed by atoms with van der Waals surface area (Å²) in [6.07, 6.45) is 3.83. The van der Waals surface area contributed by atoms with E-state index in [1.807, 2.05) is 13.0 Å². The average molecular weight is 284 g/mol. The molecule has 0 aliphatic rings. The minimum absolute atomic E-state index is 0.307. The van der Waals surface area contributed by atoms with Gasteiger partial charge in [-0.15, -0.1) is 0 Å². The van der Waals surface area contributed by atoms with Crippen molar-refractivity contribution in [1.29, 1.82) is 0 Å². The van der Waals surface area contributed by atoms with Crippen LogP contribution in [-0.2, 0) is 23.0 Å². The van der Waals surface area contributed by atoms with E-state index in [2.05, 4.69) is 11.6 Å². The van der Waals surface area contributed by atoms with Gasteiger partial charge in [-0.05, 0) is 36.1 Å². The maximum absolute atomic E-state index is 12.1. The van der Waals surface area contributed by atoms with Gasteiger partial charge in [0.25, 0.3) is 0 Å². The summed E-state index contributed by atoms with van der Waals surface area (Å²) >= 11 is 0. The van der Waals surface area contributed by atoms with Gasteiger partial charge in [-0.2, -0.15) is 0 Å². The molecule has 0 aliphatic heterocycles. The average Bonchev–Trinajstić information content (AvgIpc) is 2.42. The predicted octanol–water partition coefficient (Wildman–Crippen LogP) is 2.18. The zero-order valence-electron chi connectivity index (χ0n) is 11.8. The zero-order valence-corrected chi connectivity index (χ0v) is 12.6. The monoisotopic (exact) mass is 284 g/mol. The number of sulfonamides is 1. The van der Waals surface area contributed by atoms with Crippen molar-refractivity contribution in [3.05, 3.63) is 29.3 Å². The standard InChI is InChI=1S/C14H24N2O2S/c1-3-5-6-9-16-19(17,18)14-8-7-12(4-2)13(10-14)11-15/h7-8,10,16H,3-6,9,11,15H2,1-2H3. The van der Waals surface area contributed by atoms with Crippen molar-refractivity contribution >= 4 is 10.0 Å². The number of unbranched alkanes of at least 4 members (excludes halogenated alkanes) is 2. The molecule has 0 saturated carbocycles. The Labute approximate surface area is 116 Å². The molecule has 1 aromatic rings. The van der Waals surface area contributed by atoms with Crippen molar-refractivity contribution in [2.75, 3.05) is 6.54 Å². The molecule has 0 bridgehead atoms. The SMILES string of the molecule is CCCCCNS(=O)(=O)c1ccc(CC)c(CN)c1. The van der Waals surface area contributed by atoms with E-state index >= 15 is 0 Å². The fourth-order valence-corrected chi connectivity index (χ4v) is 3.09. The van der Waals surface area contributed by atoms with Crippen LogP contribution in [0.1, 0.15) is 44.2 Å². The molecule has 5 heteroatoms. The van der Waals surface area contributed by atoms with Crippen LogP contribution in [-0.4, -0.2) is 15.0 Å². The van der Waals surface area contributed by atoms with Crippen LogP contribution in [0.4, 0.5) is 0 Å². The second-order valence-electron chi connectivity index (χ2n) is 4.59. The Morgan fingerprint density at radius 3 is 2.47 bits per heavy atom. The lowest BCUT2D eigenvalue weighted by Crippen LogP contribution is -2.25. The summed E-state index contributed by atoms with van der Waals surface area (Å²) in [5.74, 6) is 0. The van der Waals surface area contributed by atoms with E-state index in [4.69, 9.17) is 5.73 Å². The van der Waals surface area contributed by atoms with E-state index in [0.717, 1.165) is 36.8 Å². The number of nitrogens with two attached hydrogens (primary N) is 1. The second-order valence-corrected chi connectivity index (χ2v) is 6.36. The van der Waals surface area contributed by atoms with Crippen LogP contribution in [0, 0.1) is 0 Å². The number of nitrogens with one attached hydrogen (secondary N) is 1. The third kappa shape index (κ3) is 4.60. The number of benzene rings is 1. The molecule has 0 unspecified atom stereocenters. The molecule has 0 amide bonds. The van der Waals surface area contributed by atoms with Crippen LogP contribution in [0.25, 0.3) is 0 Å². The Morgan fingerprint density at radius 2 is 1.89 bits per heavy atom. The maximum atomic E-state index is 12.1. The van der Waals surface area contributed by atoms with E-state index in [1.165, 1.54) is 0 Å². The lowest BCUT2D eigenvalue weighted by molar-refractivity contribution is 0.576. The van der Waals surface area contributed by atoms with E-state index in [0.29, 0.717) is 18.0 Å². The van der Waals surface area contributed by atoms with Gasteiger partial charge in [-0.25, -0.2) is 13.1 Å².